The topological polar surface area (TPSA) is 56.6 Å². The molecule has 1 amide bonds. The molecule has 152 valence electrons. The van der Waals surface area contributed by atoms with E-state index in [1.54, 1.807) is 0 Å². The molecule has 0 aliphatic heterocycles. The Bertz CT molecular complexity index is 308. The van der Waals surface area contributed by atoms with Gasteiger partial charge in [0.05, 0.1) is 6.54 Å². The molecule has 0 aliphatic rings. The van der Waals surface area contributed by atoms with Crippen molar-refractivity contribution in [2.45, 2.75) is 117 Å². The van der Waals surface area contributed by atoms with E-state index >= 15 is 0 Å². The van der Waals surface area contributed by atoms with Crippen LogP contribution in [0.2, 0.25) is 0 Å². The largest absolute Gasteiger partial charge is 1.00 e. The van der Waals surface area contributed by atoms with E-state index in [0.29, 0.717) is 13.0 Å². The molecule has 0 heterocycles. The van der Waals surface area contributed by atoms with Crippen LogP contribution >= 0.6 is 0 Å². The third-order valence-corrected chi connectivity index (χ3v) is 4.69. The molecule has 26 heavy (non-hydrogen) atoms. The van der Waals surface area contributed by atoms with Gasteiger partial charge in [-0.3, -0.25) is 9.97 Å². The summed E-state index contributed by atoms with van der Waals surface area (Å²) in [6, 6.07) is 0. The fourth-order valence-corrected chi connectivity index (χ4v) is 3.11. The van der Waals surface area contributed by atoms with Crippen LogP contribution in [0, 0.1) is 11.1 Å². The number of carbonyl (C=O) groups excluding carboxylic acids is 1. The zero-order chi connectivity index (χ0) is 18.8. The van der Waals surface area contributed by atoms with Gasteiger partial charge in [0.2, 0.25) is 0 Å². The summed E-state index contributed by atoms with van der Waals surface area (Å²) in [6.45, 7) is 7.01. The third kappa shape index (κ3) is 22.4. The maximum Gasteiger partial charge on any atom is 1.00 e. The minimum atomic E-state index is -0.132. The molecular weight excluding hydrogens is 335 g/mol. The summed E-state index contributed by atoms with van der Waals surface area (Å²) in [5, 5.41) is 11.2. The summed E-state index contributed by atoms with van der Waals surface area (Å²) < 4.78 is 0. The van der Waals surface area contributed by atoms with Crippen LogP contribution in [0.15, 0.2) is 0 Å². The van der Waals surface area contributed by atoms with Crippen LogP contribution in [0.5, 0.6) is 0 Å². The molecule has 1 atom stereocenters. The second kappa shape index (κ2) is 21.7. The molecule has 0 rings (SSSR count). The van der Waals surface area contributed by atoms with Gasteiger partial charge in [-0.2, -0.15) is 0 Å². The molecule has 5 heteroatoms. The molecular formula is C21H45N2NaO2. The third-order valence-electron chi connectivity index (χ3n) is 4.69. The first-order valence-corrected chi connectivity index (χ1v) is 10.9. The van der Waals surface area contributed by atoms with Crippen molar-refractivity contribution in [2.24, 2.45) is 5.92 Å². The first kappa shape index (κ1) is 28.6. The predicted octanol–water partition coefficient (Wildman–Crippen LogP) is 2.04. The molecule has 0 radical (unpaired) electrons. The number of unbranched alkanes of at least 4 members (excludes halogenated alkanes) is 11. The van der Waals surface area contributed by atoms with Gasteiger partial charge in [0.1, 0.15) is 0 Å². The monoisotopic (exact) mass is 380 g/mol. The van der Waals surface area contributed by atoms with E-state index in [9.17, 15) is 10.0 Å². The number of hydrogen-bond donors (Lipinski definition) is 2. The molecule has 0 aromatic rings. The second-order valence-electron chi connectivity index (χ2n) is 7.90. The number of amides is 1. The van der Waals surface area contributed by atoms with Crippen LogP contribution in [0.4, 0.5) is 0 Å². The molecule has 1 unspecified atom stereocenters. The molecule has 0 spiro atoms. The summed E-state index contributed by atoms with van der Waals surface area (Å²) in [7, 11) is 0. The Balaban J connectivity index is -0.00000288. The maximum absolute atomic E-state index is 11.5. The van der Waals surface area contributed by atoms with E-state index in [2.05, 4.69) is 19.3 Å². The molecule has 0 saturated heterocycles. The maximum atomic E-state index is 11.5. The van der Waals surface area contributed by atoms with E-state index in [-0.39, 0.29) is 42.1 Å². The Hall–Kier alpha value is 0.390. The average Bonchev–Trinajstić information content (AvgIpc) is 2.55. The van der Waals surface area contributed by atoms with Crippen molar-refractivity contribution in [3.8, 4) is 0 Å². The number of hydrogen-bond acceptors (Lipinski definition) is 2. The Morgan fingerprint density at radius 2 is 1.31 bits per heavy atom. The van der Waals surface area contributed by atoms with E-state index in [4.69, 9.17) is 0 Å². The van der Waals surface area contributed by atoms with Crippen molar-refractivity contribution in [3.63, 3.8) is 0 Å². The SMILES string of the molecule is CCC[NH+]([O-])NC(=O)CCCCCCCCCCCCCCC(C)C.[H-].[Na+]. The van der Waals surface area contributed by atoms with Crippen LogP contribution in [0.3, 0.4) is 0 Å². The normalized spacial score (nSPS) is 12.0. The van der Waals surface area contributed by atoms with Crippen molar-refractivity contribution >= 4 is 5.91 Å². The molecule has 2 N–H and O–H groups in total. The molecule has 0 saturated carbocycles. The van der Waals surface area contributed by atoms with E-state index < -0.39 is 0 Å². The quantitative estimate of drug-likeness (QED) is 0.217. The van der Waals surface area contributed by atoms with Gasteiger partial charge in [-0.15, -0.1) is 0 Å². The number of quaternary nitrogens is 1. The van der Waals surface area contributed by atoms with Crippen LogP contribution in [-0.2, 0) is 4.79 Å². The molecule has 4 nitrogen and oxygen atoms in total. The fourth-order valence-electron chi connectivity index (χ4n) is 3.11. The predicted molar refractivity (Wildman–Crippen MR) is 108 cm³/mol. The Morgan fingerprint density at radius 3 is 1.73 bits per heavy atom. The van der Waals surface area contributed by atoms with E-state index in [1.165, 1.54) is 70.6 Å². The van der Waals surface area contributed by atoms with Crippen LogP contribution in [0.25, 0.3) is 0 Å². The minimum absolute atomic E-state index is 0. The Kier molecular flexibility index (Phi) is 23.9. The van der Waals surface area contributed by atoms with Crippen molar-refractivity contribution < 1.29 is 41.0 Å². The van der Waals surface area contributed by atoms with Gasteiger partial charge in [-0.05, 0) is 18.8 Å². The van der Waals surface area contributed by atoms with Crippen LogP contribution in [0.1, 0.15) is 119 Å². The number of nitrogens with one attached hydrogen (secondary N) is 2. The van der Waals surface area contributed by atoms with Gasteiger partial charge in [-0.1, -0.05) is 97.8 Å². The first-order valence-electron chi connectivity index (χ1n) is 10.9. The van der Waals surface area contributed by atoms with Crippen molar-refractivity contribution in [1.29, 1.82) is 0 Å². The summed E-state index contributed by atoms with van der Waals surface area (Å²) in [5.41, 5.74) is 2.45. The molecule has 0 aliphatic carbocycles. The number of carbonyl (C=O) groups is 1. The van der Waals surface area contributed by atoms with Crippen LogP contribution in [-0.4, -0.2) is 12.5 Å². The molecule has 0 bridgehead atoms. The van der Waals surface area contributed by atoms with Crippen LogP contribution < -0.4 is 40.2 Å². The van der Waals surface area contributed by atoms with Gasteiger partial charge >= 0.3 is 29.6 Å². The van der Waals surface area contributed by atoms with Crippen molar-refractivity contribution in [1.82, 2.24) is 5.43 Å². The number of hydroxylamine groups is 1. The summed E-state index contributed by atoms with van der Waals surface area (Å²) in [4.78, 5) is 11.5. The van der Waals surface area contributed by atoms with Gasteiger partial charge in [-0.25, -0.2) is 5.43 Å². The zero-order valence-corrected chi connectivity index (χ0v) is 20.2. The standard InChI is InChI=1S/C21H44N2O2.Na.H/c1-4-19-23(25)22-21(24)18-16-14-12-10-8-6-5-7-9-11-13-15-17-20(2)3;;/h20,23H,4-19H2,1-3H3,(H,22,24);;/q;+1;-1. The summed E-state index contributed by atoms with van der Waals surface area (Å²) in [5.74, 6) is 0.754. The van der Waals surface area contributed by atoms with Gasteiger partial charge < -0.3 is 6.63 Å². The zero-order valence-electron chi connectivity index (χ0n) is 19.2. The fraction of sp³-hybridized carbons (Fsp3) is 0.952. The molecule has 0 fully saturated rings. The van der Waals surface area contributed by atoms with E-state index in [1.807, 2.05) is 6.92 Å². The van der Waals surface area contributed by atoms with Gasteiger partial charge in [0.15, 0.2) is 0 Å². The van der Waals surface area contributed by atoms with E-state index in [0.717, 1.165) is 25.2 Å². The average molecular weight is 381 g/mol. The molecule has 0 aromatic carbocycles. The smallest absolute Gasteiger partial charge is 1.00 e. The summed E-state index contributed by atoms with van der Waals surface area (Å²) in [6.07, 6.45) is 18.3. The first-order chi connectivity index (χ1) is 12.1. The number of rotatable bonds is 18. The molecule has 0 aromatic heterocycles. The Morgan fingerprint density at radius 1 is 0.885 bits per heavy atom. The van der Waals surface area contributed by atoms with Gasteiger partial charge in [0.25, 0.3) is 5.91 Å². The van der Waals surface area contributed by atoms with Crippen molar-refractivity contribution in [3.05, 3.63) is 5.21 Å². The minimum Gasteiger partial charge on any atom is -1.00 e. The Labute approximate surface area is 186 Å². The summed E-state index contributed by atoms with van der Waals surface area (Å²) >= 11 is 0. The van der Waals surface area contributed by atoms with Crippen molar-refractivity contribution in [2.75, 3.05) is 6.54 Å². The second-order valence-corrected chi connectivity index (χ2v) is 7.90. The van der Waals surface area contributed by atoms with Gasteiger partial charge in [0, 0.05) is 6.42 Å².